The Labute approximate surface area is 110 Å². The SMILES string of the molecule is NCC#Cc1ccccc1CN1CCCCCC1. The summed E-state index contributed by atoms with van der Waals surface area (Å²) in [5.41, 5.74) is 7.91. The van der Waals surface area contributed by atoms with E-state index in [0.29, 0.717) is 6.54 Å². The maximum absolute atomic E-state index is 5.45. The van der Waals surface area contributed by atoms with Crippen molar-refractivity contribution >= 4 is 0 Å². The second-order valence-corrected chi connectivity index (χ2v) is 4.85. The molecular formula is C16H22N2. The van der Waals surface area contributed by atoms with E-state index in [1.165, 1.54) is 44.3 Å². The normalized spacial score (nSPS) is 16.7. The quantitative estimate of drug-likeness (QED) is 0.807. The van der Waals surface area contributed by atoms with Crippen LogP contribution in [-0.2, 0) is 6.54 Å². The van der Waals surface area contributed by atoms with Gasteiger partial charge in [-0.3, -0.25) is 4.90 Å². The molecule has 0 bridgehead atoms. The van der Waals surface area contributed by atoms with Crippen LogP contribution in [0.15, 0.2) is 24.3 Å². The molecule has 0 aliphatic carbocycles. The number of benzene rings is 1. The van der Waals surface area contributed by atoms with Gasteiger partial charge in [-0.05, 0) is 37.6 Å². The summed E-state index contributed by atoms with van der Waals surface area (Å²) in [4.78, 5) is 2.55. The monoisotopic (exact) mass is 242 g/mol. The maximum atomic E-state index is 5.45. The zero-order valence-corrected chi connectivity index (χ0v) is 11.0. The number of hydrogen-bond acceptors (Lipinski definition) is 2. The predicted octanol–water partition coefficient (Wildman–Crippen LogP) is 2.37. The number of rotatable bonds is 2. The van der Waals surface area contributed by atoms with E-state index in [9.17, 15) is 0 Å². The first kappa shape index (κ1) is 13.1. The molecule has 0 aromatic heterocycles. The lowest BCUT2D eigenvalue weighted by atomic mass is 10.1. The molecule has 0 atom stereocenters. The van der Waals surface area contributed by atoms with Crippen LogP contribution in [-0.4, -0.2) is 24.5 Å². The van der Waals surface area contributed by atoms with E-state index < -0.39 is 0 Å². The molecule has 1 aliphatic rings. The fourth-order valence-electron chi connectivity index (χ4n) is 2.46. The van der Waals surface area contributed by atoms with Crippen LogP contribution < -0.4 is 5.73 Å². The van der Waals surface area contributed by atoms with E-state index in [4.69, 9.17) is 5.73 Å². The van der Waals surface area contributed by atoms with Crippen molar-refractivity contribution in [1.82, 2.24) is 4.90 Å². The minimum atomic E-state index is 0.429. The van der Waals surface area contributed by atoms with Gasteiger partial charge in [-0.1, -0.05) is 42.9 Å². The minimum Gasteiger partial charge on any atom is -0.320 e. The molecule has 2 N–H and O–H groups in total. The van der Waals surface area contributed by atoms with Crippen LogP contribution in [0.1, 0.15) is 36.8 Å². The molecule has 0 unspecified atom stereocenters. The molecule has 0 radical (unpaired) electrons. The summed E-state index contributed by atoms with van der Waals surface area (Å²) in [5.74, 6) is 6.13. The molecule has 2 rings (SSSR count). The highest BCUT2D eigenvalue weighted by Gasteiger charge is 2.10. The van der Waals surface area contributed by atoms with Crippen LogP contribution in [0.5, 0.6) is 0 Å². The van der Waals surface area contributed by atoms with Crippen LogP contribution in [0.2, 0.25) is 0 Å². The Balaban J connectivity index is 2.07. The summed E-state index contributed by atoms with van der Waals surface area (Å²) in [5, 5.41) is 0. The molecule has 1 fully saturated rings. The number of nitrogens with two attached hydrogens (primary N) is 1. The average Bonchev–Trinajstić information content (AvgIpc) is 2.66. The largest absolute Gasteiger partial charge is 0.320 e. The predicted molar refractivity (Wildman–Crippen MR) is 76.1 cm³/mol. The zero-order valence-electron chi connectivity index (χ0n) is 11.0. The van der Waals surface area contributed by atoms with Crippen LogP contribution in [0.4, 0.5) is 0 Å². The molecule has 18 heavy (non-hydrogen) atoms. The summed E-state index contributed by atoms with van der Waals surface area (Å²) in [7, 11) is 0. The maximum Gasteiger partial charge on any atom is 0.0555 e. The van der Waals surface area contributed by atoms with Gasteiger partial charge in [0, 0.05) is 12.1 Å². The van der Waals surface area contributed by atoms with Crippen LogP contribution in [0.3, 0.4) is 0 Å². The Morgan fingerprint density at radius 2 is 1.78 bits per heavy atom. The van der Waals surface area contributed by atoms with E-state index in [1.807, 2.05) is 6.07 Å². The van der Waals surface area contributed by atoms with Crippen molar-refractivity contribution < 1.29 is 0 Å². The smallest absolute Gasteiger partial charge is 0.0555 e. The third-order valence-corrected chi connectivity index (χ3v) is 3.44. The van der Waals surface area contributed by atoms with Crippen LogP contribution >= 0.6 is 0 Å². The summed E-state index contributed by atoms with van der Waals surface area (Å²) in [6.45, 7) is 3.89. The van der Waals surface area contributed by atoms with Crippen molar-refractivity contribution in [2.75, 3.05) is 19.6 Å². The zero-order chi connectivity index (χ0) is 12.6. The highest BCUT2D eigenvalue weighted by molar-refractivity contribution is 5.41. The van der Waals surface area contributed by atoms with E-state index in [0.717, 1.165) is 12.1 Å². The topological polar surface area (TPSA) is 29.3 Å². The van der Waals surface area contributed by atoms with Crippen molar-refractivity contribution in [3.05, 3.63) is 35.4 Å². The lowest BCUT2D eigenvalue weighted by Crippen LogP contribution is -2.24. The van der Waals surface area contributed by atoms with Gasteiger partial charge in [0.2, 0.25) is 0 Å². The Morgan fingerprint density at radius 3 is 2.50 bits per heavy atom. The second kappa shape index (κ2) is 7.20. The Kier molecular flexibility index (Phi) is 5.26. The van der Waals surface area contributed by atoms with Crippen molar-refractivity contribution in [2.45, 2.75) is 32.2 Å². The number of likely N-dealkylation sites (tertiary alicyclic amines) is 1. The first-order chi connectivity index (χ1) is 8.90. The van der Waals surface area contributed by atoms with Crippen molar-refractivity contribution in [3.63, 3.8) is 0 Å². The summed E-state index contributed by atoms with van der Waals surface area (Å²) in [6.07, 6.45) is 5.42. The van der Waals surface area contributed by atoms with E-state index >= 15 is 0 Å². The van der Waals surface area contributed by atoms with Gasteiger partial charge in [0.25, 0.3) is 0 Å². The summed E-state index contributed by atoms with van der Waals surface area (Å²) in [6, 6.07) is 8.43. The van der Waals surface area contributed by atoms with Gasteiger partial charge in [0.15, 0.2) is 0 Å². The first-order valence-electron chi connectivity index (χ1n) is 6.89. The molecule has 1 aromatic carbocycles. The van der Waals surface area contributed by atoms with E-state index in [1.54, 1.807) is 0 Å². The van der Waals surface area contributed by atoms with Crippen molar-refractivity contribution in [3.8, 4) is 11.8 Å². The molecule has 2 nitrogen and oxygen atoms in total. The van der Waals surface area contributed by atoms with Crippen molar-refractivity contribution in [1.29, 1.82) is 0 Å². The van der Waals surface area contributed by atoms with Gasteiger partial charge >= 0.3 is 0 Å². The average molecular weight is 242 g/mol. The van der Waals surface area contributed by atoms with E-state index in [-0.39, 0.29) is 0 Å². The van der Waals surface area contributed by atoms with Gasteiger partial charge in [0.05, 0.1) is 6.54 Å². The molecule has 1 heterocycles. The molecule has 1 saturated heterocycles. The standard InChI is InChI=1S/C16H22N2/c17-11-7-10-15-8-3-4-9-16(15)14-18-12-5-1-2-6-13-18/h3-4,8-9H,1-2,5-6,11-14,17H2. The summed E-state index contributed by atoms with van der Waals surface area (Å²) >= 11 is 0. The van der Waals surface area contributed by atoms with Crippen LogP contribution in [0.25, 0.3) is 0 Å². The van der Waals surface area contributed by atoms with Gasteiger partial charge in [0.1, 0.15) is 0 Å². The van der Waals surface area contributed by atoms with Crippen LogP contribution in [0, 0.1) is 11.8 Å². The molecule has 1 aromatic rings. The lowest BCUT2D eigenvalue weighted by molar-refractivity contribution is 0.277. The van der Waals surface area contributed by atoms with Gasteiger partial charge < -0.3 is 5.73 Å². The minimum absolute atomic E-state index is 0.429. The Morgan fingerprint density at radius 1 is 1.06 bits per heavy atom. The molecule has 2 heteroatoms. The molecule has 1 aliphatic heterocycles. The third-order valence-electron chi connectivity index (χ3n) is 3.44. The lowest BCUT2D eigenvalue weighted by Gasteiger charge is -2.20. The van der Waals surface area contributed by atoms with Gasteiger partial charge in [-0.15, -0.1) is 0 Å². The number of hydrogen-bond donors (Lipinski definition) is 1. The van der Waals surface area contributed by atoms with E-state index in [2.05, 4.69) is 34.9 Å². The molecule has 96 valence electrons. The number of nitrogens with zero attached hydrogens (tertiary/aromatic N) is 1. The van der Waals surface area contributed by atoms with Gasteiger partial charge in [-0.2, -0.15) is 0 Å². The van der Waals surface area contributed by atoms with Crippen molar-refractivity contribution in [2.24, 2.45) is 5.73 Å². The highest BCUT2D eigenvalue weighted by Crippen LogP contribution is 2.15. The van der Waals surface area contributed by atoms with Gasteiger partial charge in [-0.25, -0.2) is 0 Å². The molecule has 0 spiro atoms. The molecule has 0 amide bonds. The Bertz CT molecular complexity index is 420. The fourth-order valence-corrected chi connectivity index (χ4v) is 2.46. The first-order valence-corrected chi connectivity index (χ1v) is 6.89. The second-order valence-electron chi connectivity index (χ2n) is 4.85. The Hall–Kier alpha value is -1.30. The third kappa shape index (κ3) is 3.87. The highest BCUT2D eigenvalue weighted by atomic mass is 15.1. The molecule has 0 saturated carbocycles. The fraction of sp³-hybridized carbons (Fsp3) is 0.500. The molecular weight excluding hydrogens is 220 g/mol. The summed E-state index contributed by atoms with van der Waals surface area (Å²) < 4.78 is 0.